The average Bonchev–Trinajstić information content (AvgIpc) is 3.18. The number of rotatable bonds is 1. The van der Waals surface area contributed by atoms with E-state index in [0.29, 0.717) is 41.3 Å². The van der Waals surface area contributed by atoms with Crippen LogP contribution >= 0.6 is 0 Å². The van der Waals surface area contributed by atoms with Crippen molar-refractivity contribution in [2.75, 3.05) is 26.2 Å². The molecule has 218 valence electrons. The Balaban J connectivity index is 1.42. The molecule has 5 aliphatic carbocycles. The normalized spacial score (nSPS) is 49.5. The fourth-order valence-electron chi connectivity index (χ4n) is 12.0. The van der Waals surface area contributed by atoms with Crippen molar-refractivity contribution in [3.8, 4) is 0 Å². The van der Waals surface area contributed by atoms with E-state index in [-0.39, 0.29) is 27.1 Å². The Bertz CT molecular complexity index is 1050. The van der Waals surface area contributed by atoms with Gasteiger partial charge in [0.15, 0.2) is 0 Å². The van der Waals surface area contributed by atoms with Gasteiger partial charge in [-0.2, -0.15) is 0 Å². The van der Waals surface area contributed by atoms with Crippen molar-refractivity contribution < 1.29 is 9.59 Å². The summed E-state index contributed by atoms with van der Waals surface area (Å²) in [7, 11) is 0. The molecule has 6 aliphatic rings. The third-order valence-electron chi connectivity index (χ3n) is 14.8. The molecule has 4 nitrogen and oxygen atoms in total. The molecule has 0 aromatic rings. The smallest absolute Gasteiger partial charge is 0.229 e. The predicted octanol–water partition coefficient (Wildman–Crippen LogP) is 7.04. The van der Waals surface area contributed by atoms with Crippen molar-refractivity contribution >= 4 is 11.7 Å². The van der Waals surface area contributed by atoms with Gasteiger partial charge < -0.3 is 10.2 Å². The molecule has 0 spiro atoms. The predicted molar refractivity (Wildman–Crippen MR) is 158 cm³/mol. The van der Waals surface area contributed by atoms with E-state index >= 15 is 0 Å². The Kier molecular flexibility index (Phi) is 6.58. The highest BCUT2D eigenvalue weighted by atomic mass is 16.2. The fraction of sp³-hybridized carbons (Fsp3) is 0.886. The average molecular weight is 537 g/mol. The molecule has 1 aliphatic heterocycles. The lowest BCUT2D eigenvalue weighted by atomic mass is 9.33. The van der Waals surface area contributed by atoms with Gasteiger partial charge in [0.05, 0.1) is 5.41 Å². The van der Waals surface area contributed by atoms with Crippen LogP contribution in [0.2, 0.25) is 0 Å². The first-order valence-corrected chi connectivity index (χ1v) is 16.6. The Morgan fingerprint density at radius 2 is 1.69 bits per heavy atom. The molecule has 1 N–H and O–H groups in total. The number of allylic oxidation sites excluding steroid dienone is 2. The van der Waals surface area contributed by atoms with E-state index in [1.54, 1.807) is 5.57 Å². The van der Waals surface area contributed by atoms with Gasteiger partial charge in [-0.15, -0.1) is 0 Å². The van der Waals surface area contributed by atoms with Gasteiger partial charge in [0.1, 0.15) is 5.78 Å². The largest absolute Gasteiger partial charge is 0.341 e. The van der Waals surface area contributed by atoms with Crippen molar-refractivity contribution in [2.45, 2.75) is 113 Å². The number of nitrogens with one attached hydrogen (secondary N) is 1. The van der Waals surface area contributed by atoms with Crippen LogP contribution < -0.4 is 5.32 Å². The molecule has 1 heterocycles. The molecule has 4 heteroatoms. The third kappa shape index (κ3) is 3.64. The zero-order valence-corrected chi connectivity index (χ0v) is 26.1. The minimum Gasteiger partial charge on any atom is -0.341 e. The number of Topliss-reactive ketones (excluding diaryl/α,β-unsaturated/α-hetero) is 1. The molecule has 0 unspecified atom stereocenters. The number of hydrogen-bond donors (Lipinski definition) is 1. The second-order valence-corrected chi connectivity index (χ2v) is 16.3. The van der Waals surface area contributed by atoms with Crippen LogP contribution in [-0.2, 0) is 9.59 Å². The number of hydrogen-bond acceptors (Lipinski definition) is 3. The summed E-state index contributed by atoms with van der Waals surface area (Å²) in [6.45, 7) is 21.0. The summed E-state index contributed by atoms with van der Waals surface area (Å²) in [5.74, 6) is 3.63. The molecule has 0 aromatic carbocycles. The molecule has 1 saturated heterocycles. The lowest BCUT2D eigenvalue weighted by Gasteiger charge is -2.71. The van der Waals surface area contributed by atoms with Crippen molar-refractivity contribution in [2.24, 2.45) is 56.7 Å². The van der Waals surface area contributed by atoms with Crippen LogP contribution in [0.25, 0.3) is 0 Å². The van der Waals surface area contributed by atoms with E-state index in [4.69, 9.17) is 0 Å². The van der Waals surface area contributed by atoms with Gasteiger partial charge >= 0.3 is 0 Å². The summed E-state index contributed by atoms with van der Waals surface area (Å²) < 4.78 is 0. The van der Waals surface area contributed by atoms with E-state index in [0.717, 1.165) is 71.1 Å². The number of amides is 1. The minimum atomic E-state index is -0.217. The number of carbonyl (C=O) groups excluding carboxylic acids is 2. The first kappa shape index (κ1) is 28.0. The van der Waals surface area contributed by atoms with Gasteiger partial charge in [-0.1, -0.05) is 60.1 Å². The second kappa shape index (κ2) is 9.17. The van der Waals surface area contributed by atoms with Crippen molar-refractivity contribution in [3.63, 3.8) is 0 Å². The Hall–Kier alpha value is -1.16. The van der Waals surface area contributed by atoms with Crippen molar-refractivity contribution in [3.05, 3.63) is 11.6 Å². The molecule has 39 heavy (non-hydrogen) atoms. The molecule has 4 saturated carbocycles. The van der Waals surface area contributed by atoms with Gasteiger partial charge in [-0.3, -0.25) is 9.59 Å². The van der Waals surface area contributed by atoms with E-state index in [1.807, 2.05) is 0 Å². The van der Waals surface area contributed by atoms with E-state index < -0.39 is 0 Å². The van der Waals surface area contributed by atoms with Crippen LogP contribution in [-0.4, -0.2) is 42.8 Å². The highest BCUT2D eigenvalue weighted by Crippen LogP contribution is 2.75. The summed E-state index contributed by atoms with van der Waals surface area (Å²) in [6, 6.07) is 0. The number of nitrogens with zero attached hydrogens (tertiary/aromatic N) is 1. The number of carbonyl (C=O) groups is 2. The topological polar surface area (TPSA) is 49.4 Å². The van der Waals surface area contributed by atoms with Crippen LogP contribution in [0.15, 0.2) is 11.6 Å². The summed E-state index contributed by atoms with van der Waals surface area (Å²) in [4.78, 5) is 30.0. The Morgan fingerprint density at radius 3 is 2.46 bits per heavy atom. The van der Waals surface area contributed by atoms with Crippen molar-refractivity contribution in [1.82, 2.24) is 10.2 Å². The van der Waals surface area contributed by atoms with E-state index in [1.165, 1.54) is 19.3 Å². The Labute approximate surface area is 238 Å². The minimum absolute atomic E-state index is 0.135. The standard InChI is InChI=1S/C35H56N2O2/c1-23-11-16-35(30(39)37-21-8-19-36-20-22-37)18-17-33(6)25(29(35)24(23)2)9-10-27-32(5)14-13-28(38)31(3,4)26(32)12-15-34(27,33)7/h9,23-24,26-27,29,36H,8,10-22H2,1-7H3/t23-,24+,26+,27-,29+,32+,33-,34-,35+/m1/s1. The maximum absolute atomic E-state index is 14.6. The molecule has 1 amide bonds. The summed E-state index contributed by atoms with van der Waals surface area (Å²) in [5.41, 5.74) is 1.82. The quantitative estimate of drug-likeness (QED) is 0.366. The SMILES string of the molecule is C[C@H]1[C@H](C)CC[C@]2(C(=O)N3CCCNCC3)CC[C@]3(C)C(=CC[C@@H]4[C@@]5(C)CCC(=O)C(C)(C)[C@@H]5CC[C@]43C)[C@H]12. The lowest BCUT2D eigenvalue weighted by Crippen LogP contribution is -2.65. The molecule has 6 rings (SSSR count). The first-order valence-electron chi connectivity index (χ1n) is 16.6. The van der Waals surface area contributed by atoms with Crippen LogP contribution in [0.1, 0.15) is 113 Å². The van der Waals surface area contributed by atoms with Gasteiger partial charge in [0, 0.05) is 31.5 Å². The zero-order chi connectivity index (χ0) is 28.0. The first-order chi connectivity index (χ1) is 18.3. The summed E-state index contributed by atoms with van der Waals surface area (Å²) >= 11 is 0. The van der Waals surface area contributed by atoms with Crippen LogP contribution in [0.5, 0.6) is 0 Å². The molecular formula is C35H56N2O2. The van der Waals surface area contributed by atoms with Gasteiger partial charge in [-0.25, -0.2) is 0 Å². The maximum atomic E-state index is 14.6. The van der Waals surface area contributed by atoms with Crippen molar-refractivity contribution in [1.29, 1.82) is 0 Å². The van der Waals surface area contributed by atoms with Crippen LogP contribution in [0.4, 0.5) is 0 Å². The number of fused-ring (bicyclic) bond motifs is 7. The second-order valence-electron chi connectivity index (χ2n) is 16.3. The Morgan fingerprint density at radius 1 is 0.923 bits per heavy atom. The molecule has 9 atom stereocenters. The maximum Gasteiger partial charge on any atom is 0.229 e. The van der Waals surface area contributed by atoms with Gasteiger partial charge in [-0.05, 0) is 110 Å². The lowest BCUT2D eigenvalue weighted by molar-refractivity contribution is -0.189. The molecule has 0 bridgehead atoms. The molecular weight excluding hydrogens is 480 g/mol. The van der Waals surface area contributed by atoms with E-state index in [9.17, 15) is 9.59 Å². The summed E-state index contributed by atoms with van der Waals surface area (Å²) in [5, 5.41) is 3.52. The van der Waals surface area contributed by atoms with Crippen LogP contribution in [0.3, 0.4) is 0 Å². The fourth-order valence-corrected chi connectivity index (χ4v) is 12.0. The highest BCUT2D eigenvalue weighted by Gasteiger charge is 2.69. The third-order valence-corrected chi connectivity index (χ3v) is 14.8. The molecule has 5 fully saturated rings. The monoisotopic (exact) mass is 536 g/mol. The zero-order valence-electron chi connectivity index (χ0n) is 26.1. The van der Waals surface area contributed by atoms with Crippen LogP contribution in [0, 0.1) is 56.7 Å². The molecule has 0 aromatic heterocycles. The van der Waals surface area contributed by atoms with E-state index in [2.05, 4.69) is 64.8 Å². The number of ketones is 1. The van der Waals surface area contributed by atoms with Gasteiger partial charge in [0.25, 0.3) is 0 Å². The molecule has 0 radical (unpaired) electrons. The highest BCUT2D eigenvalue weighted by molar-refractivity contribution is 5.86. The van der Waals surface area contributed by atoms with Gasteiger partial charge in [0.2, 0.25) is 5.91 Å². The summed E-state index contributed by atoms with van der Waals surface area (Å²) in [6.07, 6.45) is 13.5.